The Morgan fingerprint density at radius 2 is 2.06 bits per heavy atom. The summed E-state index contributed by atoms with van der Waals surface area (Å²) in [4.78, 5) is 25.3. The van der Waals surface area contributed by atoms with Gasteiger partial charge in [-0.2, -0.15) is 0 Å². The van der Waals surface area contributed by atoms with Crippen molar-refractivity contribution in [2.75, 3.05) is 11.9 Å². The first kappa shape index (κ1) is 12.8. The Morgan fingerprint density at radius 3 is 2.65 bits per heavy atom. The van der Waals surface area contributed by atoms with Gasteiger partial charge in [-0.1, -0.05) is 0 Å². The van der Waals surface area contributed by atoms with E-state index in [2.05, 4.69) is 4.84 Å². The van der Waals surface area contributed by atoms with Crippen molar-refractivity contribution in [2.45, 2.75) is 0 Å². The standard InChI is InChI=1S/C9H8F2N2O4/c10-5-1-2-7(6(11)3-5)12-9(16)13-17-4-8(14)15/h1-3H,4H2,(H,14,15)(H2,12,13,16). The number of benzene rings is 1. The van der Waals surface area contributed by atoms with Crippen LogP contribution in [0.3, 0.4) is 0 Å². The minimum absolute atomic E-state index is 0.261. The average Bonchev–Trinajstić information content (AvgIpc) is 2.21. The molecule has 0 aliphatic carbocycles. The van der Waals surface area contributed by atoms with Crippen molar-refractivity contribution in [3.8, 4) is 0 Å². The van der Waals surface area contributed by atoms with Crippen LogP contribution in [0.1, 0.15) is 0 Å². The number of hydrogen-bond donors (Lipinski definition) is 3. The van der Waals surface area contributed by atoms with Gasteiger partial charge in [0.25, 0.3) is 0 Å². The smallest absolute Gasteiger partial charge is 0.343 e. The molecule has 2 amide bonds. The molecule has 1 rings (SSSR count). The van der Waals surface area contributed by atoms with Crippen LogP contribution in [0.25, 0.3) is 0 Å². The number of carbonyl (C=O) groups excluding carboxylic acids is 1. The summed E-state index contributed by atoms with van der Waals surface area (Å²) in [7, 11) is 0. The maximum Gasteiger partial charge on any atom is 0.343 e. The number of carboxylic acid groups (broad SMARTS) is 1. The molecule has 0 radical (unpaired) electrons. The summed E-state index contributed by atoms with van der Waals surface area (Å²) in [5.74, 6) is -3.02. The molecule has 0 bridgehead atoms. The van der Waals surface area contributed by atoms with Crippen molar-refractivity contribution in [1.82, 2.24) is 5.48 Å². The number of nitrogens with one attached hydrogen (secondary N) is 2. The molecule has 0 saturated heterocycles. The number of carboxylic acids is 1. The maximum atomic E-state index is 13.0. The molecule has 0 aromatic heterocycles. The van der Waals surface area contributed by atoms with E-state index in [1.165, 1.54) is 0 Å². The first-order chi connectivity index (χ1) is 7.99. The molecule has 92 valence electrons. The Hall–Kier alpha value is -2.22. The van der Waals surface area contributed by atoms with Gasteiger partial charge in [0.1, 0.15) is 11.6 Å². The summed E-state index contributed by atoms with van der Waals surface area (Å²) in [6, 6.07) is 1.59. The zero-order chi connectivity index (χ0) is 12.8. The quantitative estimate of drug-likeness (QED) is 0.694. The average molecular weight is 246 g/mol. The van der Waals surface area contributed by atoms with Crippen LogP contribution in [-0.2, 0) is 9.63 Å². The van der Waals surface area contributed by atoms with Gasteiger partial charge in [0.2, 0.25) is 0 Å². The van der Waals surface area contributed by atoms with Crippen LogP contribution in [0, 0.1) is 11.6 Å². The number of urea groups is 1. The molecule has 0 spiro atoms. The van der Waals surface area contributed by atoms with Crippen molar-refractivity contribution in [2.24, 2.45) is 0 Å². The van der Waals surface area contributed by atoms with Crippen LogP contribution in [0.15, 0.2) is 18.2 Å². The van der Waals surface area contributed by atoms with Gasteiger partial charge in [-0.25, -0.2) is 23.9 Å². The molecular formula is C9H8F2N2O4. The Bertz CT molecular complexity index is 439. The van der Waals surface area contributed by atoms with E-state index in [1.807, 2.05) is 5.32 Å². The van der Waals surface area contributed by atoms with Gasteiger partial charge in [-0.15, -0.1) is 0 Å². The summed E-state index contributed by atoms with van der Waals surface area (Å²) < 4.78 is 25.6. The highest BCUT2D eigenvalue weighted by Crippen LogP contribution is 2.14. The first-order valence-electron chi connectivity index (χ1n) is 4.34. The topological polar surface area (TPSA) is 87.7 Å². The van der Waals surface area contributed by atoms with Gasteiger partial charge in [0.05, 0.1) is 5.69 Å². The van der Waals surface area contributed by atoms with Gasteiger partial charge in [0.15, 0.2) is 6.61 Å². The number of carbonyl (C=O) groups is 2. The summed E-state index contributed by atoms with van der Waals surface area (Å²) in [5.41, 5.74) is 1.45. The molecule has 0 fully saturated rings. The number of rotatable bonds is 4. The van der Waals surface area contributed by atoms with E-state index >= 15 is 0 Å². The zero-order valence-electron chi connectivity index (χ0n) is 8.37. The Kier molecular flexibility index (Phi) is 4.35. The number of anilines is 1. The lowest BCUT2D eigenvalue weighted by Gasteiger charge is -2.07. The number of halogens is 2. The fourth-order valence-corrected chi connectivity index (χ4v) is 0.902. The zero-order valence-corrected chi connectivity index (χ0v) is 8.37. The predicted octanol–water partition coefficient (Wildman–Crippen LogP) is 1.10. The number of hydrogen-bond acceptors (Lipinski definition) is 3. The molecule has 0 aliphatic heterocycles. The normalized spacial score (nSPS) is 9.76. The fourth-order valence-electron chi connectivity index (χ4n) is 0.902. The van der Waals surface area contributed by atoms with E-state index in [0.29, 0.717) is 6.07 Å². The SMILES string of the molecule is O=C(O)CONC(=O)Nc1ccc(F)cc1F. The molecule has 0 aliphatic rings. The van der Waals surface area contributed by atoms with Crippen molar-refractivity contribution in [3.63, 3.8) is 0 Å². The summed E-state index contributed by atoms with van der Waals surface area (Å²) in [6.45, 7) is -0.737. The van der Waals surface area contributed by atoms with Crippen molar-refractivity contribution in [1.29, 1.82) is 0 Å². The van der Waals surface area contributed by atoms with E-state index in [1.54, 1.807) is 5.48 Å². The largest absolute Gasteiger partial charge is 0.479 e. The Balaban J connectivity index is 2.48. The molecule has 1 aromatic carbocycles. The van der Waals surface area contributed by atoms with Crippen molar-refractivity contribution in [3.05, 3.63) is 29.8 Å². The number of amides is 2. The lowest BCUT2D eigenvalue weighted by Crippen LogP contribution is -2.31. The third-order valence-electron chi connectivity index (χ3n) is 1.54. The van der Waals surface area contributed by atoms with Crippen LogP contribution in [-0.4, -0.2) is 23.7 Å². The van der Waals surface area contributed by atoms with Gasteiger partial charge >= 0.3 is 12.0 Å². The maximum absolute atomic E-state index is 13.0. The summed E-state index contributed by atoms with van der Waals surface area (Å²) in [5, 5.41) is 10.2. The van der Waals surface area contributed by atoms with Gasteiger partial charge in [0, 0.05) is 6.07 Å². The number of aliphatic carboxylic acids is 1. The van der Waals surface area contributed by atoms with Crippen LogP contribution >= 0.6 is 0 Å². The highest BCUT2D eigenvalue weighted by molar-refractivity contribution is 5.88. The van der Waals surface area contributed by atoms with E-state index in [0.717, 1.165) is 12.1 Å². The second kappa shape index (κ2) is 5.75. The Morgan fingerprint density at radius 1 is 1.35 bits per heavy atom. The molecule has 8 heteroatoms. The summed E-state index contributed by atoms with van der Waals surface area (Å²) in [6.07, 6.45) is 0. The molecule has 0 unspecified atom stereocenters. The third-order valence-corrected chi connectivity index (χ3v) is 1.54. The molecule has 17 heavy (non-hydrogen) atoms. The number of hydroxylamine groups is 1. The van der Waals surface area contributed by atoms with Crippen LogP contribution in [0.5, 0.6) is 0 Å². The van der Waals surface area contributed by atoms with Crippen LogP contribution in [0.4, 0.5) is 19.3 Å². The Labute approximate surface area is 94.1 Å². The molecule has 0 saturated carbocycles. The van der Waals surface area contributed by atoms with Gasteiger partial charge < -0.3 is 10.4 Å². The molecular weight excluding hydrogens is 238 g/mol. The predicted molar refractivity (Wildman–Crippen MR) is 52.1 cm³/mol. The van der Waals surface area contributed by atoms with Gasteiger partial charge in [-0.05, 0) is 12.1 Å². The minimum atomic E-state index is -1.28. The van der Waals surface area contributed by atoms with E-state index in [4.69, 9.17) is 5.11 Å². The van der Waals surface area contributed by atoms with Crippen molar-refractivity contribution < 1.29 is 28.3 Å². The highest BCUT2D eigenvalue weighted by Gasteiger charge is 2.08. The highest BCUT2D eigenvalue weighted by atomic mass is 19.1. The van der Waals surface area contributed by atoms with Crippen LogP contribution in [0.2, 0.25) is 0 Å². The molecule has 0 heterocycles. The second-order valence-electron chi connectivity index (χ2n) is 2.86. The second-order valence-corrected chi connectivity index (χ2v) is 2.86. The summed E-state index contributed by atoms with van der Waals surface area (Å²) >= 11 is 0. The molecule has 6 nitrogen and oxygen atoms in total. The molecule has 3 N–H and O–H groups in total. The van der Waals surface area contributed by atoms with E-state index < -0.39 is 30.2 Å². The van der Waals surface area contributed by atoms with Crippen LogP contribution < -0.4 is 10.8 Å². The lowest BCUT2D eigenvalue weighted by molar-refractivity contribution is -0.143. The minimum Gasteiger partial charge on any atom is -0.479 e. The van der Waals surface area contributed by atoms with Crippen molar-refractivity contribution >= 4 is 17.7 Å². The molecule has 0 atom stereocenters. The first-order valence-corrected chi connectivity index (χ1v) is 4.34. The monoisotopic (exact) mass is 246 g/mol. The fraction of sp³-hybridized carbons (Fsp3) is 0.111. The van der Waals surface area contributed by atoms with E-state index in [-0.39, 0.29) is 5.69 Å². The lowest BCUT2D eigenvalue weighted by atomic mass is 10.3. The van der Waals surface area contributed by atoms with Gasteiger partial charge in [-0.3, -0.25) is 4.84 Å². The molecule has 1 aromatic rings. The van der Waals surface area contributed by atoms with E-state index in [9.17, 15) is 18.4 Å². The third kappa shape index (κ3) is 4.43.